The number of likely N-dealkylation sites (tertiary alicyclic amines) is 1. The third kappa shape index (κ3) is 8.94. The van der Waals surface area contributed by atoms with E-state index in [-0.39, 0.29) is 47.3 Å². The number of hydrogen-bond acceptors (Lipinski definition) is 8. The van der Waals surface area contributed by atoms with Crippen LogP contribution in [0.4, 0.5) is 24.5 Å². The fraction of sp³-hybridized carbons (Fsp3) is 0.469. The van der Waals surface area contributed by atoms with E-state index >= 15 is 0 Å². The fourth-order valence-corrected chi connectivity index (χ4v) is 6.52. The second-order valence-electron chi connectivity index (χ2n) is 11.4. The van der Waals surface area contributed by atoms with Crippen molar-refractivity contribution in [2.75, 3.05) is 50.2 Å². The Hall–Kier alpha value is -3.77. The Bertz CT molecular complexity index is 1720. The monoisotopic (exact) mass is 664 g/mol. The first-order valence-electron chi connectivity index (χ1n) is 14.9. The number of aromatic hydroxyl groups is 1. The van der Waals surface area contributed by atoms with Gasteiger partial charge in [0.2, 0.25) is 5.91 Å². The summed E-state index contributed by atoms with van der Waals surface area (Å²) in [6.07, 6.45) is -2.79. The summed E-state index contributed by atoms with van der Waals surface area (Å²) in [5.41, 5.74) is 1.01. The van der Waals surface area contributed by atoms with Crippen LogP contribution in [0.25, 0.3) is 10.9 Å². The first-order chi connectivity index (χ1) is 21.7. The number of aliphatic hydroxyl groups excluding tert-OH is 1. The summed E-state index contributed by atoms with van der Waals surface area (Å²) in [7, 11) is -2.27. The summed E-state index contributed by atoms with van der Waals surface area (Å²) in [6, 6.07) is 9.24. The van der Waals surface area contributed by atoms with E-state index in [2.05, 4.69) is 27.4 Å². The standard InChI is InChI=1S/C32H39F3N4O6S/c1-4-30(41)37-27-11-12-29(46(3,43)44)24(31(27)42)8-5-7-22-17-25-26(9-6-10-28(25)39(22)20-32(33,34)35)36-21-13-15-38(16-14-21)18-23(40)19-45-2/h6,9-12,17,21,23,36,40,42H,4,8,13-16,18-20H2,1-3H3,(H,37,41). The van der Waals surface area contributed by atoms with Crippen LogP contribution in [0, 0.1) is 11.8 Å². The van der Waals surface area contributed by atoms with Gasteiger partial charge < -0.3 is 35.1 Å². The number of aromatic nitrogens is 1. The number of β-amino-alcohol motifs (C(OH)–C–C–N with tert-alkyl or cyclic N) is 1. The average Bonchev–Trinajstić information content (AvgIpc) is 3.31. The molecule has 4 rings (SSSR count). The van der Waals surface area contributed by atoms with Crippen molar-refractivity contribution < 1.29 is 41.3 Å². The zero-order chi connectivity index (χ0) is 33.6. The minimum atomic E-state index is -4.54. The summed E-state index contributed by atoms with van der Waals surface area (Å²) in [5, 5.41) is 27.4. The molecular weight excluding hydrogens is 625 g/mol. The van der Waals surface area contributed by atoms with Gasteiger partial charge in [-0.3, -0.25) is 4.79 Å². The van der Waals surface area contributed by atoms with Crippen LogP contribution in [0.3, 0.4) is 0 Å². The quantitative estimate of drug-likeness (QED) is 0.178. The Labute approximate surface area is 266 Å². The minimum absolute atomic E-state index is 0.00920. The van der Waals surface area contributed by atoms with E-state index in [0.717, 1.165) is 36.8 Å². The third-order valence-electron chi connectivity index (χ3n) is 7.77. The van der Waals surface area contributed by atoms with E-state index in [0.29, 0.717) is 23.1 Å². The summed E-state index contributed by atoms with van der Waals surface area (Å²) in [4.78, 5) is 13.9. The maximum Gasteiger partial charge on any atom is 0.406 e. The molecule has 0 bridgehead atoms. The molecule has 0 saturated carbocycles. The Balaban J connectivity index is 1.64. The van der Waals surface area contributed by atoms with Gasteiger partial charge in [0.05, 0.1) is 34.5 Å². The molecule has 2 heterocycles. The lowest BCUT2D eigenvalue weighted by Crippen LogP contribution is -2.43. The fourth-order valence-electron chi connectivity index (χ4n) is 5.59. The maximum absolute atomic E-state index is 13.7. The van der Waals surface area contributed by atoms with Crippen molar-refractivity contribution in [3.63, 3.8) is 0 Å². The summed E-state index contributed by atoms with van der Waals surface area (Å²) >= 11 is 0. The van der Waals surface area contributed by atoms with Crippen LogP contribution in [-0.4, -0.2) is 91.9 Å². The number of amides is 1. The molecule has 0 spiro atoms. The van der Waals surface area contributed by atoms with E-state index in [1.807, 2.05) is 0 Å². The van der Waals surface area contributed by atoms with E-state index in [1.54, 1.807) is 31.2 Å². The minimum Gasteiger partial charge on any atom is -0.505 e. The Morgan fingerprint density at radius 3 is 2.52 bits per heavy atom. The number of ether oxygens (including phenoxy) is 1. The lowest BCUT2D eigenvalue weighted by Gasteiger charge is -2.34. The normalized spacial score (nSPS) is 15.4. The highest BCUT2D eigenvalue weighted by molar-refractivity contribution is 7.90. The van der Waals surface area contributed by atoms with Crippen LogP contribution in [0.1, 0.15) is 37.4 Å². The number of halogens is 3. The summed E-state index contributed by atoms with van der Waals surface area (Å²) in [5.74, 6) is 4.65. The molecule has 1 saturated heterocycles. The number of piperidine rings is 1. The van der Waals surface area contributed by atoms with Crippen LogP contribution in [0.15, 0.2) is 41.3 Å². The number of carbonyl (C=O) groups is 1. The van der Waals surface area contributed by atoms with Crippen molar-refractivity contribution in [1.82, 2.24) is 9.47 Å². The number of fused-ring (bicyclic) bond motifs is 1. The number of alkyl halides is 3. The summed E-state index contributed by atoms with van der Waals surface area (Å²) in [6.45, 7) is 2.57. The van der Waals surface area contributed by atoms with Crippen LogP contribution in [-0.2, 0) is 32.3 Å². The molecule has 2 aromatic carbocycles. The van der Waals surface area contributed by atoms with Gasteiger partial charge in [0, 0.05) is 68.5 Å². The molecular formula is C32H39F3N4O6S. The molecule has 250 valence electrons. The molecule has 1 aliphatic heterocycles. The van der Waals surface area contributed by atoms with Gasteiger partial charge in [-0.25, -0.2) is 8.42 Å². The maximum atomic E-state index is 13.7. The van der Waals surface area contributed by atoms with Gasteiger partial charge in [-0.05, 0) is 49.1 Å². The number of rotatable bonds is 11. The molecule has 10 nitrogen and oxygen atoms in total. The Morgan fingerprint density at radius 2 is 1.89 bits per heavy atom. The number of carbonyl (C=O) groups excluding carboxylic acids is 1. The van der Waals surface area contributed by atoms with E-state index in [4.69, 9.17) is 4.74 Å². The van der Waals surface area contributed by atoms with Crippen molar-refractivity contribution >= 4 is 38.0 Å². The zero-order valence-electron chi connectivity index (χ0n) is 25.9. The van der Waals surface area contributed by atoms with Gasteiger partial charge in [-0.15, -0.1) is 0 Å². The highest BCUT2D eigenvalue weighted by Gasteiger charge is 2.30. The predicted molar refractivity (Wildman–Crippen MR) is 170 cm³/mol. The summed E-state index contributed by atoms with van der Waals surface area (Å²) < 4.78 is 72.2. The topological polar surface area (TPSA) is 133 Å². The lowest BCUT2D eigenvalue weighted by atomic mass is 10.0. The molecule has 46 heavy (non-hydrogen) atoms. The van der Waals surface area contributed by atoms with Crippen molar-refractivity contribution in [1.29, 1.82) is 0 Å². The van der Waals surface area contributed by atoms with Crippen LogP contribution in [0.2, 0.25) is 0 Å². The average molecular weight is 665 g/mol. The second kappa shape index (κ2) is 14.8. The Morgan fingerprint density at radius 1 is 1.17 bits per heavy atom. The van der Waals surface area contributed by atoms with Gasteiger partial charge in [0.25, 0.3) is 0 Å². The molecule has 1 aromatic heterocycles. The SMILES string of the molecule is CCC(=O)Nc1ccc(S(C)(=O)=O)c(CC#Cc2cc3c(NC4CCN(CC(O)COC)CC4)cccc3n2CC(F)(F)F)c1O. The number of anilines is 2. The van der Waals surface area contributed by atoms with Gasteiger partial charge >= 0.3 is 6.18 Å². The highest BCUT2D eigenvalue weighted by atomic mass is 32.2. The predicted octanol–water partition coefficient (Wildman–Crippen LogP) is 4.14. The molecule has 1 atom stereocenters. The largest absolute Gasteiger partial charge is 0.505 e. The molecule has 1 unspecified atom stereocenters. The number of aliphatic hydroxyl groups is 1. The van der Waals surface area contributed by atoms with Gasteiger partial charge in [-0.1, -0.05) is 18.9 Å². The number of phenolic OH excluding ortho intramolecular Hbond substituents is 1. The van der Waals surface area contributed by atoms with Crippen molar-refractivity contribution in [3.8, 4) is 17.6 Å². The van der Waals surface area contributed by atoms with Crippen LogP contribution in [0.5, 0.6) is 5.75 Å². The zero-order valence-corrected chi connectivity index (χ0v) is 26.8. The van der Waals surface area contributed by atoms with E-state index in [9.17, 15) is 36.6 Å². The van der Waals surface area contributed by atoms with E-state index in [1.165, 1.54) is 19.2 Å². The van der Waals surface area contributed by atoms with E-state index < -0.39 is 40.3 Å². The smallest absolute Gasteiger partial charge is 0.406 e. The van der Waals surface area contributed by atoms with Gasteiger partial charge in [0.1, 0.15) is 12.3 Å². The number of methoxy groups -OCH3 is 1. The molecule has 4 N–H and O–H groups in total. The molecule has 1 aliphatic rings. The van der Waals surface area contributed by atoms with Crippen molar-refractivity contribution in [2.45, 2.75) is 62.4 Å². The molecule has 1 amide bonds. The molecule has 3 aromatic rings. The van der Waals surface area contributed by atoms with Gasteiger partial charge in [0.15, 0.2) is 9.84 Å². The lowest BCUT2D eigenvalue weighted by molar-refractivity contribution is -0.140. The molecule has 14 heteroatoms. The number of benzene rings is 2. The molecule has 0 aliphatic carbocycles. The van der Waals surface area contributed by atoms with Gasteiger partial charge in [-0.2, -0.15) is 13.2 Å². The number of nitrogens with zero attached hydrogens (tertiary/aromatic N) is 2. The number of sulfone groups is 1. The Kier molecular flexibility index (Phi) is 11.3. The first-order valence-corrected chi connectivity index (χ1v) is 16.8. The molecule has 0 radical (unpaired) electrons. The van der Waals surface area contributed by atoms with Crippen LogP contribution >= 0.6 is 0 Å². The second-order valence-corrected chi connectivity index (χ2v) is 13.4. The number of hydrogen-bond donors (Lipinski definition) is 4. The number of phenols is 1. The highest BCUT2D eigenvalue weighted by Crippen LogP contribution is 2.34. The molecule has 1 fully saturated rings. The number of nitrogens with one attached hydrogen (secondary N) is 2. The first kappa shape index (κ1) is 35.1. The van der Waals surface area contributed by atoms with Crippen molar-refractivity contribution in [3.05, 3.63) is 47.7 Å². The van der Waals surface area contributed by atoms with Crippen LogP contribution < -0.4 is 10.6 Å². The van der Waals surface area contributed by atoms with Crippen molar-refractivity contribution in [2.24, 2.45) is 0 Å². The third-order valence-corrected chi connectivity index (χ3v) is 8.96.